The molecule has 1 rings (SSSR count). The van der Waals surface area contributed by atoms with Crippen LogP contribution in [0, 0.1) is 5.92 Å². The number of hydrogen-bond acceptors (Lipinski definition) is 5. The van der Waals surface area contributed by atoms with Crippen LogP contribution in [-0.4, -0.2) is 55.8 Å². The average molecular weight is 448 g/mol. The minimum Gasteiger partial charge on any atom is -0.444 e. The fourth-order valence-electron chi connectivity index (χ4n) is 3.56. The van der Waals surface area contributed by atoms with Crippen molar-refractivity contribution in [3.05, 3.63) is 0 Å². The van der Waals surface area contributed by atoms with E-state index in [1.165, 1.54) is 6.42 Å². The SMILES string of the molecule is CC(C)(C)OC(=O)NC1CCC(C(=O)CCCOCCOCCCCCCCl)CC1. The van der Waals surface area contributed by atoms with E-state index in [1.807, 2.05) is 20.8 Å². The van der Waals surface area contributed by atoms with Gasteiger partial charge in [-0.3, -0.25) is 4.79 Å². The number of unbranched alkanes of at least 4 members (excludes halogenated alkanes) is 3. The third-order valence-electron chi connectivity index (χ3n) is 5.16. The van der Waals surface area contributed by atoms with Crippen LogP contribution in [0.2, 0.25) is 0 Å². The lowest BCUT2D eigenvalue weighted by Gasteiger charge is -2.29. The number of alkyl carbamates (subject to hydrolysis) is 1. The molecule has 0 saturated heterocycles. The molecule has 1 fully saturated rings. The van der Waals surface area contributed by atoms with Crippen molar-refractivity contribution in [3.8, 4) is 0 Å². The zero-order valence-electron chi connectivity index (χ0n) is 19.2. The summed E-state index contributed by atoms with van der Waals surface area (Å²) in [5.74, 6) is 1.18. The molecule has 1 aliphatic rings. The lowest BCUT2D eigenvalue weighted by atomic mass is 9.82. The highest BCUT2D eigenvalue weighted by molar-refractivity contribution is 6.17. The van der Waals surface area contributed by atoms with Gasteiger partial charge in [-0.15, -0.1) is 11.6 Å². The Balaban J connectivity index is 1.98. The van der Waals surface area contributed by atoms with Crippen LogP contribution in [0.5, 0.6) is 0 Å². The maximum absolute atomic E-state index is 12.4. The molecule has 1 aliphatic carbocycles. The number of hydrogen-bond donors (Lipinski definition) is 1. The Morgan fingerprint density at radius 1 is 0.867 bits per heavy atom. The monoisotopic (exact) mass is 447 g/mol. The molecule has 7 heteroatoms. The van der Waals surface area contributed by atoms with Gasteiger partial charge in [0.05, 0.1) is 13.2 Å². The Morgan fingerprint density at radius 3 is 2.07 bits per heavy atom. The molecular formula is C23H42ClNO5. The highest BCUT2D eigenvalue weighted by Gasteiger charge is 2.27. The van der Waals surface area contributed by atoms with Crippen molar-refractivity contribution in [2.75, 3.05) is 32.3 Å². The minimum atomic E-state index is -0.490. The van der Waals surface area contributed by atoms with Crippen LogP contribution >= 0.6 is 11.6 Å². The van der Waals surface area contributed by atoms with E-state index in [1.54, 1.807) is 0 Å². The van der Waals surface area contributed by atoms with Crippen molar-refractivity contribution >= 4 is 23.5 Å². The maximum atomic E-state index is 12.4. The Kier molecular flexibility index (Phi) is 14.4. The molecule has 30 heavy (non-hydrogen) atoms. The second kappa shape index (κ2) is 15.9. The van der Waals surface area contributed by atoms with E-state index in [4.69, 9.17) is 25.8 Å². The van der Waals surface area contributed by atoms with Crippen molar-refractivity contribution in [3.63, 3.8) is 0 Å². The van der Waals surface area contributed by atoms with E-state index in [-0.39, 0.29) is 18.1 Å². The van der Waals surface area contributed by atoms with Crippen LogP contribution < -0.4 is 5.32 Å². The number of alkyl halides is 1. The summed E-state index contributed by atoms with van der Waals surface area (Å²) in [5, 5.41) is 2.92. The Labute approximate surface area is 187 Å². The second-order valence-corrected chi connectivity index (χ2v) is 9.47. The van der Waals surface area contributed by atoms with E-state index in [0.717, 1.165) is 63.9 Å². The first kappa shape index (κ1) is 27.2. The van der Waals surface area contributed by atoms with Gasteiger partial charge < -0.3 is 19.5 Å². The molecule has 1 saturated carbocycles. The van der Waals surface area contributed by atoms with Crippen LogP contribution in [0.4, 0.5) is 4.79 Å². The molecule has 0 aromatic heterocycles. The summed E-state index contributed by atoms with van der Waals surface area (Å²) < 4.78 is 16.4. The molecule has 0 radical (unpaired) electrons. The highest BCUT2D eigenvalue weighted by Crippen LogP contribution is 2.26. The molecule has 0 aliphatic heterocycles. The van der Waals surface area contributed by atoms with Crippen LogP contribution in [0.15, 0.2) is 0 Å². The number of carbonyl (C=O) groups is 2. The zero-order chi connectivity index (χ0) is 22.2. The van der Waals surface area contributed by atoms with Gasteiger partial charge in [0.25, 0.3) is 0 Å². The highest BCUT2D eigenvalue weighted by atomic mass is 35.5. The largest absolute Gasteiger partial charge is 0.444 e. The lowest BCUT2D eigenvalue weighted by molar-refractivity contribution is -0.124. The van der Waals surface area contributed by atoms with Gasteiger partial charge >= 0.3 is 6.09 Å². The summed E-state index contributed by atoms with van der Waals surface area (Å²) in [6.45, 7) is 8.12. The first-order valence-corrected chi connectivity index (χ1v) is 12.1. The molecule has 0 spiro atoms. The number of carbonyl (C=O) groups excluding carboxylic acids is 2. The summed E-state index contributed by atoms with van der Waals surface area (Å²) in [6.07, 6.45) is 8.75. The number of ether oxygens (including phenoxy) is 3. The lowest BCUT2D eigenvalue weighted by Crippen LogP contribution is -2.41. The molecule has 1 amide bonds. The van der Waals surface area contributed by atoms with Gasteiger partial charge in [-0.2, -0.15) is 0 Å². The van der Waals surface area contributed by atoms with Gasteiger partial charge in [-0.05, 0) is 65.7 Å². The zero-order valence-corrected chi connectivity index (χ0v) is 19.9. The molecule has 0 aromatic carbocycles. The number of rotatable bonds is 15. The minimum absolute atomic E-state index is 0.104. The first-order valence-electron chi connectivity index (χ1n) is 11.6. The Hall–Kier alpha value is -0.850. The van der Waals surface area contributed by atoms with E-state index in [0.29, 0.717) is 32.0 Å². The summed E-state index contributed by atoms with van der Waals surface area (Å²) in [5.41, 5.74) is -0.490. The van der Waals surface area contributed by atoms with Gasteiger partial charge in [0.2, 0.25) is 0 Å². The number of ketones is 1. The fraction of sp³-hybridized carbons (Fsp3) is 0.913. The van der Waals surface area contributed by atoms with Crippen molar-refractivity contribution < 1.29 is 23.8 Å². The van der Waals surface area contributed by atoms with Gasteiger partial charge in [-0.1, -0.05) is 12.8 Å². The van der Waals surface area contributed by atoms with Crippen LogP contribution in [0.25, 0.3) is 0 Å². The summed E-state index contributed by atoms with van der Waals surface area (Å²) in [6, 6.07) is 0.104. The average Bonchev–Trinajstić information content (AvgIpc) is 2.67. The molecular weight excluding hydrogens is 406 g/mol. The third kappa shape index (κ3) is 14.2. The van der Waals surface area contributed by atoms with Crippen molar-refractivity contribution in [2.45, 2.75) is 96.6 Å². The molecule has 1 N–H and O–H groups in total. The second-order valence-electron chi connectivity index (χ2n) is 9.09. The van der Waals surface area contributed by atoms with Crippen molar-refractivity contribution in [1.29, 1.82) is 0 Å². The van der Waals surface area contributed by atoms with E-state index < -0.39 is 5.60 Å². The van der Waals surface area contributed by atoms with E-state index in [2.05, 4.69) is 5.32 Å². The number of halogens is 1. The molecule has 0 heterocycles. The van der Waals surface area contributed by atoms with Crippen LogP contribution in [0.1, 0.15) is 85.0 Å². The van der Waals surface area contributed by atoms with Gasteiger partial charge in [0, 0.05) is 37.5 Å². The predicted octanol–water partition coefficient (Wildman–Crippen LogP) is 5.25. The third-order valence-corrected chi connectivity index (χ3v) is 5.43. The van der Waals surface area contributed by atoms with Crippen LogP contribution in [0.3, 0.4) is 0 Å². The molecule has 176 valence electrons. The van der Waals surface area contributed by atoms with E-state index in [9.17, 15) is 9.59 Å². The fourth-order valence-corrected chi connectivity index (χ4v) is 3.75. The Morgan fingerprint density at radius 2 is 1.47 bits per heavy atom. The molecule has 0 aromatic rings. The summed E-state index contributed by atoms with van der Waals surface area (Å²) in [7, 11) is 0. The van der Waals surface area contributed by atoms with Crippen molar-refractivity contribution in [1.82, 2.24) is 5.32 Å². The normalized spacial score (nSPS) is 19.5. The molecule has 0 atom stereocenters. The number of amides is 1. The van der Waals surface area contributed by atoms with Crippen LogP contribution in [-0.2, 0) is 19.0 Å². The quantitative estimate of drug-likeness (QED) is 0.274. The summed E-state index contributed by atoms with van der Waals surface area (Å²) in [4.78, 5) is 24.3. The topological polar surface area (TPSA) is 73.9 Å². The number of Topliss-reactive ketones (excluding diaryl/α,β-unsaturated/α-hetero) is 1. The summed E-state index contributed by atoms with van der Waals surface area (Å²) >= 11 is 5.64. The maximum Gasteiger partial charge on any atom is 0.407 e. The standard InChI is InChI=1S/C23H42ClNO5/c1-23(2,3)30-22(27)25-20-12-10-19(11-13-20)21(26)9-8-16-29-18-17-28-15-7-5-4-6-14-24/h19-20H,4-18H2,1-3H3,(H,25,27). The molecule has 0 bridgehead atoms. The number of nitrogens with one attached hydrogen (secondary N) is 1. The van der Waals surface area contributed by atoms with Gasteiger partial charge in [-0.25, -0.2) is 4.79 Å². The molecule has 0 unspecified atom stereocenters. The Bertz CT molecular complexity index is 473. The first-order chi connectivity index (χ1) is 14.3. The van der Waals surface area contributed by atoms with Crippen molar-refractivity contribution in [2.24, 2.45) is 5.92 Å². The van der Waals surface area contributed by atoms with Gasteiger partial charge in [0.1, 0.15) is 11.4 Å². The van der Waals surface area contributed by atoms with E-state index >= 15 is 0 Å². The molecule has 6 nitrogen and oxygen atoms in total. The van der Waals surface area contributed by atoms with Gasteiger partial charge in [0.15, 0.2) is 0 Å². The predicted molar refractivity (Wildman–Crippen MR) is 120 cm³/mol. The smallest absolute Gasteiger partial charge is 0.407 e.